The first-order valence-corrected chi connectivity index (χ1v) is 7.49. The summed E-state index contributed by atoms with van der Waals surface area (Å²) in [7, 11) is 3.64. The molecule has 0 aromatic carbocycles. The van der Waals surface area contributed by atoms with Gasteiger partial charge in [0.15, 0.2) is 0 Å². The lowest BCUT2D eigenvalue weighted by atomic mass is 9.87. The van der Waals surface area contributed by atoms with E-state index in [4.69, 9.17) is 4.74 Å². The van der Waals surface area contributed by atoms with Crippen molar-refractivity contribution >= 4 is 0 Å². The van der Waals surface area contributed by atoms with Gasteiger partial charge < -0.3 is 10.1 Å². The minimum absolute atomic E-state index is 0.857. The maximum absolute atomic E-state index is 5.40. The number of nitrogens with zero attached hydrogens (tertiary/aromatic N) is 2. The Bertz CT molecular complexity index is 394. The van der Waals surface area contributed by atoms with E-state index in [1.807, 2.05) is 18.7 Å². The van der Waals surface area contributed by atoms with Crippen molar-refractivity contribution in [3.05, 3.63) is 11.3 Å². The highest BCUT2D eigenvalue weighted by Gasteiger charge is 2.15. The second-order valence-electron chi connectivity index (χ2n) is 5.67. The molecule has 1 aromatic rings. The molecule has 0 amide bonds. The zero-order valence-electron chi connectivity index (χ0n) is 12.5. The highest BCUT2D eigenvalue weighted by Crippen LogP contribution is 2.26. The van der Waals surface area contributed by atoms with Crippen molar-refractivity contribution < 1.29 is 4.74 Å². The van der Waals surface area contributed by atoms with Crippen molar-refractivity contribution in [1.29, 1.82) is 0 Å². The van der Waals surface area contributed by atoms with E-state index >= 15 is 0 Å². The van der Waals surface area contributed by atoms with Crippen molar-refractivity contribution in [3.8, 4) is 5.88 Å². The van der Waals surface area contributed by atoms with Crippen LogP contribution in [0.4, 0.5) is 0 Å². The molecular weight excluding hydrogens is 238 g/mol. The van der Waals surface area contributed by atoms with E-state index < -0.39 is 0 Å². The van der Waals surface area contributed by atoms with Crippen LogP contribution in [0.3, 0.4) is 0 Å². The molecule has 0 unspecified atom stereocenters. The molecule has 108 valence electrons. The highest BCUT2D eigenvalue weighted by atomic mass is 16.5. The molecular formula is C15H27N3O. The lowest BCUT2D eigenvalue weighted by Crippen LogP contribution is -2.19. The van der Waals surface area contributed by atoms with Gasteiger partial charge in [0, 0.05) is 13.6 Å². The predicted molar refractivity (Wildman–Crippen MR) is 77.4 cm³/mol. The molecule has 0 spiro atoms. The molecule has 4 nitrogen and oxygen atoms in total. The van der Waals surface area contributed by atoms with Gasteiger partial charge in [0.1, 0.15) is 0 Å². The van der Waals surface area contributed by atoms with Gasteiger partial charge in [0.25, 0.3) is 0 Å². The quantitative estimate of drug-likeness (QED) is 0.804. The van der Waals surface area contributed by atoms with E-state index in [-0.39, 0.29) is 0 Å². The Labute approximate surface area is 116 Å². The number of methoxy groups -OCH3 is 1. The summed E-state index contributed by atoms with van der Waals surface area (Å²) in [4.78, 5) is 0. The largest absolute Gasteiger partial charge is 0.481 e. The van der Waals surface area contributed by atoms with Crippen molar-refractivity contribution in [2.45, 2.75) is 52.0 Å². The fraction of sp³-hybridized carbons (Fsp3) is 0.800. The van der Waals surface area contributed by atoms with Crippen molar-refractivity contribution in [2.75, 3.05) is 13.7 Å². The third-order valence-corrected chi connectivity index (χ3v) is 4.24. The predicted octanol–water partition coefficient (Wildman–Crippen LogP) is 2.80. The summed E-state index contributed by atoms with van der Waals surface area (Å²) in [6, 6.07) is 0. The first-order valence-electron chi connectivity index (χ1n) is 7.49. The van der Waals surface area contributed by atoms with Gasteiger partial charge in [0.2, 0.25) is 5.88 Å². The number of nitrogens with one attached hydrogen (secondary N) is 1. The van der Waals surface area contributed by atoms with Crippen LogP contribution in [-0.2, 0) is 13.6 Å². The van der Waals surface area contributed by atoms with Crippen LogP contribution in [-0.4, -0.2) is 23.4 Å². The Morgan fingerprint density at radius 1 is 1.32 bits per heavy atom. The van der Waals surface area contributed by atoms with Gasteiger partial charge in [-0.05, 0) is 25.8 Å². The van der Waals surface area contributed by atoms with Crippen LogP contribution >= 0.6 is 0 Å². The minimum atomic E-state index is 0.857. The van der Waals surface area contributed by atoms with Crippen LogP contribution in [0.5, 0.6) is 5.88 Å². The third-order valence-electron chi connectivity index (χ3n) is 4.24. The van der Waals surface area contributed by atoms with Gasteiger partial charge in [-0.2, -0.15) is 5.10 Å². The Kier molecular flexibility index (Phi) is 5.25. The normalized spacial score (nSPS) is 16.8. The molecule has 1 aliphatic rings. The SMILES string of the molecule is COc1c(CNCCC2CCCCC2)c(C)nn1C. The van der Waals surface area contributed by atoms with Crippen LogP contribution < -0.4 is 10.1 Å². The molecule has 2 rings (SSSR count). The lowest BCUT2D eigenvalue weighted by molar-refractivity contribution is 0.332. The molecule has 1 fully saturated rings. The maximum atomic E-state index is 5.40. The summed E-state index contributed by atoms with van der Waals surface area (Å²) >= 11 is 0. The zero-order valence-corrected chi connectivity index (χ0v) is 12.5. The Morgan fingerprint density at radius 3 is 2.74 bits per heavy atom. The maximum Gasteiger partial charge on any atom is 0.216 e. The van der Waals surface area contributed by atoms with Crippen molar-refractivity contribution in [2.24, 2.45) is 13.0 Å². The molecule has 0 radical (unpaired) electrons. The van der Waals surface area contributed by atoms with Crippen LogP contribution in [0.25, 0.3) is 0 Å². The van der Waals surface area contributed by atoms with E-state index in [0.29, 0.717) is 0 Å². The zero-order chi connectivity index (χ0) is 13.7. The number of rotatable bonds is 6. The monoisotopic (exact) mass is 265 g/mol. The summed E-state index contributed by atoms with van der Waals surface area (Å²) in [6.07, 6.45) is 8.46. The molecule has 0 aliphatic heterocycles. The molecule has 1 saturated carbocycles. The molecule has 0 saturated heterocycles. The van der Waals surface area contributed by atoms with Crippen LogP contribution in [0.2, 0.25) is 0 Å². The Hall–Kier alpha value is -1.03. The average Bonchev–Trinajstić information content (AvgIpc) is 2.70. The molecule has 19 heavy (non-hydrogen) atoms. The van der Waals surface area contributed by atoms with E-state index in [1.54, 1.807) is 7.11 Å². The number of ether oxygens (including phenoxy) is 1. The number of aromatic nitrogens is 2. The van der Waals surface area contributed by atoms with Crippen LogP contribution in [0.1, 0.15) is 49.8 Å². The van der Waals surface area contributed by atoms with E-state index in [9.17, 15) is 0 Å². The van der Waals surface area contributed by atoms with Gasteiger partial charge in [-0.1, -0.05) is 32.1 Å². The van der Waals surface area contributed by atoms with Gasteiger partial charge >= 0.3 is 0 Å². The second kappa shape index (κ2) is 6.94. The molecule has 4 heteroatoms. The van der Waals surface area contributed by atoms with E-state index in [0.717, 1.165) is 30.6 Å². The van der Waals surface area contributed by atoms with Crippen LogP contribution in [0, 0.1) is 12.8 Å². The summed E-state index contributed by atoms with van der Waals surface area (Å²) in [5.41, 5.74) is 2.25. The lowest BCUT2D eigenvalue weighted by Gasteiger charge is -2.21. The third kappa shape index (κ3) is 3.72. The first kappa shape index (κ1) is 14.4. The molecule has 0 bridgehead atoms. The average molecular weight is 265 g/mol. The summed E-state index contributed by atoms with van der Waals surface area (Å²) in [6.45, 7) is 4.00. The molecule has 1 heterocycles. The van der Waals surface area contributed by atoms with Crippen molar-refractivity contribution in [1.82, 2.24) is 15.1 Å². The second-order valence-corrected chi connectivity index (χ2v) is 5.67. The summed E-state index contributed by atoms with van der Waals surface area (Å²) < 4.78 is 7.22. The standard InChI is InChI=1S/C15H27N3O/c1-12-14(15(19-3)18(2)17-12)11-16-10-9-13-7-5-4-6-8-13/h13,16H,4-11H2,1-3H3. The Morgan fingerprint density at radius 2 is 2.05 bits per heavy atom. The van der Waals surface area contributed by atoms with E-state index in [2.05, 4.69) is 10.4 Å². The molecule has 1 N–H and O–H groups in total. The van der Waals surface area contributed by atoms with Gasteiger partial charge in [-0.15, -0.1) is 0 Å². The smallest absolute Gasteiger partial charge is 0.216 e. The highest BCUT2D eigenvalue weighted by molar-refractivity contribution is 5.30. The number of hydrogen-bond acceptors (Lipinski definition) is 3. The number of aryl methyl sites for hydroxylation is 2. The van der Waals surface area contributed by atoms with Gasteiger partial charge in [0.05, 0.1) is 18.4 Å². The van der Waals surface area contributed by atoms with E-state index in [1.165, 1.54) is 44.1 Å². The molecule has 1 aromatic heterocycles. The molecule has 0 atom stereocenters. The summed E-state index contributed by atoms with van der Waals surface area (Å²) in [5.74, 6) is 1.82. The first-order chi connectivity index (χ1) is 9.22. The van der Waals surface area contributed by atoms with Gasteiger partial charge in [-0.25, -0.2) is 4.68 Å². The van der Waals surface area contributed by atoms with Gasteiger partial charge in [-0.3, -0.25) is 0 Å². The fourth-order valence-corrected chi connectivity index (χ4v) is 3.14. The summed E-state index contributed by atoms with van der Waals surface area (Å²) in [5, 5.41) is 7.95. The Balaban J connectivity index is 1.76. The topological polar surface area (TPSA) is 39.1 Å². The molecule has 1 aliphatic carbocycles. The fourth-order valence-electron chi connectivity index (χ4n) is 3.14. The minimum Gasteiger partial charge on any atom is -0.481 e. The number of hydrogen-bond donors (Lipinski definition) is 1. The van der Waals surface area contributed by atoms with Crippen molar-refractivity contribution in [3.63, 3.8) is 0 Å². The van der Waals surface area contributed by atoms with Crippen LogP contribution in [0.15, 0.2) is 0 Å².